The van der Waals surface area contributed by atoms with Crippen molar-refractivity contribution in [3.63, 3.8) is 0 Å². The number of halogens is 1. The van der Waals surface area contributed by atoms with E-state index in [9.17, 15) is 14.4 Å². The van der Waals surface area contributed by atoms with E-state index in [4.69, 9.17) is 11.6 Å². The highest BCUT2D eigenvalue weighted by Crippen LogP contribution is 2.33. The van der Waals surface area contributed by atoms with E-state index in [1.165, 1.54) is 0 Å². The lowest BCUT2D eigenvalue weighted by Crippen LogP contribution is -2.43. The zero-order valence-corrected chi connectivity index (χ0v) is 16.5. The van der Waals surface area contributed by atoms with Crippen LogP contribution in [-0.4, -0.2) is 35.8 Å². The largest absolute Gasteiger partial charge is 0.354 e. The van der Waals surface area contributed by atoms with Gasteiger partial charge < -0.3 is 10.6 Å². The molecule has 2 atom stereocenters. The van der Waals surface area contributed by atoms with E-state index in [0.717, 1.165) is 10.5 Å². The Morgan fingerprint density at radius 1 is 1.14 bits per heavy atom. The minimum absolute atomic E-state index is 0.113. The normalized spacial score (nSPS) is 20.0. The summed E-state index contributed by atoms with van der Waals surface area (Å²) in [6, 6.07) is 16.0. The van der Waals surface area contributed by atoms with Crippen molar-refractivity contribution in [2.45, 2.75) is 25.3 Å². The van der Waals surface area contributed by atoms with E-state index >= 15 is 0 Å². The quantitative estimate of drug-likeness (QED) is 0.733. The second kappa shape index (κ2) is 8.02. The average Bonchev–Trinajstić information content (AvgIpc) is 2.91. The first-order chi connectivity index (χ1) is 13.3. The Morgan fingerprint density at radius 3 is 2.46 bits per heavy atom. The van der Waals surface area contributed by atoms with E-state index in [2.05, 4.69) is 10.6 Å². The molecule has 0 unspecified atom stereocenters. The molecule has 1 aliphatic heterocycles. The van der Waals surface area contributed by atoms with Crippen LogP contribution in [0.5, 0.6) is 0 Å². The van der Waals surface area contributed by atoms with Crippen molar-refractivity contribution in [1.29, 1.82) is 0 Å². The highest BCUT2D eigenvalue weighted by atomic mass is 35.5. The highest BCUT2D eigenvalue weighted by Gasteiger charge is 2.50. The Kier molecular flexibility index (Phi) is 5.70. The van der Waals surface area contributed by atoms with Crippen LogP contribution in [0.3, 0.4) is 0 Å². The molecule has 2 aromatic carbocycles. The van der Waals surface area contributed by atoms with Gasteiger partial charge in [-0.25, -0.2) is 4.79 Å². The van der Waals surface area contributed by atoms with Crippen LogP contribution in [0, 0.1) is 0 Å². The van der Waals surface area contributed by atoms with Gasteiger partial charge in [0.25, 0.3) is 5.91 Å². The number of rotatable bonds is 6. The van der Waals surface area contributed by atoms with Gasteiger partial charge >= 0.3 is 6.03 Å². The molecule has 4 amide bonds. The first-order valence-electron chi connectivity index (χ1n) is 9.03. The molecule has 1 fully saturated rings. The number of amides is 4. The topological polar surface area (TPSA) is 78.5 Å². The van der Waals surface area contributed by atoms with Gasteiger partial charge in [0.1, 0.15) is 12.1 Å². The fourth-order valence-corrected chi connectivity index (χ4v) is 3.58. The molecule has 7 heteroatoms. The van der Waals surface area contributed by atoms with Crippen molar-refractivity contribution in [2.75, 3.05) is 13.1 Å². The van der Waals surface area contributed by atoms with Crippen LogP contribution in [-0.2, 0) is 15.1 Å². The minimum Gasteiger partial charge on any atom is -0.354 e. The van der Waals surface area contributed by atoms with Gasteiger partial charge in [-0.05, 0) is 24.5 Å². The number of benzene rings is 2. The molecule has 1 heterocycles. The molecule has 0 aliphatic carbocycles. The molecular formula is C21H22ClN3O3. The predicted molar refractivity (Wildman–Crippen MR) is 107 cm³/mol. The van der Waals surface area contributed by atoms with Crippen LogP contribution in [0.4, 0.5) is 4.79 Å². The Hall–Kier alpha value is -2.86. The fourth-order valence-electron chi connectivity index (χ4n) is 3.26. The van der Waals surface area contributed by atoms with Crippen LogP contribution >= 0.6 is 11.6 Å². The lowest BCUT2D eigenvalue weighted by Gasteiger charge is -2.23. The average molecular weight is 400 g/mol. The van der Waals surface area contributed by atoms with Gasteiger partial charge in [0.05, 0.1) is 0 Å². The standard InChI is InChI=1S/C21H22ClN3O3/c1-14(15-8-4-3-5-9-15)12-23-18(26)13-25-19(27)21(2,24-20(25)28)16-10-6-7-11-17(16)22/h3-11,14H,12-13H2,1-2H3,(H,23,26)(H,24,28)/t14-,21+/m1/s1. The van der Waals surface area contributed by atoms with Gasteiger partial charge in [0.15, 0.2) is 0 Å². The Labute approximate surface area is 168 Å². The molecule has 6 nitrogen and oxygen atoms in total. The van der Waals surface area contributed by atoms with Gasteiger partial charge in [-0.2, -0.15) is 0 Å². The second-order valence-electron chi connectivity index (χ2n) is 7.04. The lowest BCUT2D eigenvalue weighted by molar-refractivity contribution is -0.134. The number of imide groups is 1. The summed E-state index contributed by atoms with van der Waals surface area (Å²) in [5.41, 5.74) is 0.298. The third kappa shape index (κ3) is 3.87. The van der Waals surface area contributed by atoms with E-state index in [0.29, 0.717) is 17.1 Å². The van der Waals surface area contributed by atoms with E-state index < -0.39 is 23.4 Å². The van der Waals surface area contributed by atoms with Gasteiger partial charge in [-0.3, -0.25) is 14.5 Å². The van der Waals surface area contributed by atoms with Crippen molar-refractivity contribution < 1.29 is 14.4 Å². The molecule has 0 spiro atoms. The molecule has 28 heavy (non-hydrogen) atoms. The van der Waals surface area contributed by atoms with Crippen LogP contribution < -0.4 is 10.6 Å². The fraction of sp³-hybridized carbons (Fsp3) is 0.286. The monoisotopic (exact) mass is 399 g/mol. The van der Waals surface area contributed by atoms with Gasteiger partial charge in [0, 0.05) is 17.1 Å². The maximum absolute atomic E-state index is 12.9. The summed E-state index contributed by atoms with van der Waals surface area (Å²) in [4.78, 5) is 38.5. The van der Waals surface area contributed by atoms with Gasteiger partial charge in [-0.1, -0.05) is 67.1 Å². The molecule has 3 rings (SSSR count). The van der Waals surface area contributed by atoms with E-state index in [1.807, 2.05) is 37.3 Å². The molecule has 1 aliphatic rings. The Bertz CT molecular complexity index is 903. The molecule has 0 aromatic heterocycles. The van der Waals surface area contributed by atoms with Gasteiger partial charge in [-0.15, -0.1) is 0 Å². The maximum atomic E-state index is 12.9. The number of carbonyl (C=O) groups excluding carboxylic acids is 3. The number of nitrogens with one attached hydrogen (secondary N) is 2. The van der Waals surface area contributed by atoms with Crippen LogP contribution in [0.15, 0.2) is 54.6 Å². The minimum atomic E-state index is -1.30. The van der Waals surface area contributed by atoms with Crippen LogP contribution in [0.2, 0.25) is 5.02 Å². The zero-order chi connectivity index (χ0) is 20.3. The lowest BCUT2D eigenvalue weighted by atomic mass is 9.92. The van der Waals surface area contributed by atoms with E-state index in [-0.39, 0.29) is 12.5 Å². The Morgan fingerprint density at radius 2 is 1.79 bits per heavy atom. The summed E-state index contributed by atoms with van der Waals surface area (Å²) in [6.45, 7) is 3.65. The molecule has 0 radical (unpaired) electrons. The summed E-state index contributed by atoms with van der Waals surface area (Å²) in [5, 5.41) is 5.82. The summed E-state index contributed by atoms with van der Waals surface area (Å²) >= 11 is 6.20. The van der Waals surface area contributed by atoms with Crippen molar-refractivity contribution >= 4 is 29.4 Å². The first-order valence-corrected chi connectivity index (χ1v) is 9.41. The number of hydrogen-bond acceptors (Lipinski definition) is 3. The summed E-state index contributed by atoms with van der Waals surface area (Å²) in [6.07, 6.45) is 0. The van der Waals surface area contributed by atoms with Crippen LogP contribution in [0.25, 0.3) is 0 Å². The third-order valence-electron chi connectivity index (χ3n) is 4.96. The number of carbonyl (C=O) groups is 3. The predicted octanol–water partition coefficient (Wildman–Crippen LogP) is 3.03. The second-order valence-corrected chi connectivity index (χ2v) is 7.45. The van der Waals surface area contributed by atoms with Crippen molar-refractivity contribution in [2.24, 2.45) is 0 Å². The van der Waals surface area contributed by atoms with Crippen LogP contribution in [0.1, 0.15) is 30.9 Å². The number of urea groups is 1. The van der Waals surface area contributed by atoms with E-state index in [1.54, 1.807) is 31.2 Å². The first kappa shape index (κ1) is 19.9. The molecule has 0 bridgehead atoms. The summed E-state index contributed by atoms with van der Waals surface area (Å²) in [7, 11) is 0. The van der Waals surface area contributed by atoms with Crippen molar-refractivity contribution in [3.05, 3.63) is 70.7 Å². The summed E-state index contributed by atoms with van der Waals surface area (Å²) in [5.74, 6) is -0.784. The van der Waals surface area contributed by atoms with Gasteiger partial charge in [0.2, 0.25) is 5.91 Å². The van der Waals surface area contributed by atoms with Crippen molar-refractivity contribution in [1.82, 2.24) is 15.5 Å². The molecule has 0 saturated carbocycles. The molecular weight excluding hydrogens is 378 g/mol. The van der Waals surface area contributed by atoms with Crippen molar-refractivity contribution in [3.8, 4) is 0 Å². The number of nitrogens with zero attached hydrogens (tertiary/aromatic N) is 1. The Balaban J connectivity index is 1.64. The smallest absolute Gasteiger partial charge is 0.325 e. The highest BCUT2D eigenvalue weighted by molar-refractivity contribution is 6.32. The molecule has 146 valence electrons. The molecule has 2 N–H and O–H groups in total. The SMILES string of the molecule is C[C@H](CNC(=O)CN1C(=O)N[C@@](C)(c2ccccc2Cl)C1=O)c1ccccc1. The molecule has 2 aromatic rings. The molecule has 1 saturated heterocycles. The maximum Gasteiger partial charge on any atom is 0.325 e. The zero-order valence-electron chi connectivity index (χ0n) is 15.7. The summed E-state index contributed by atoms with van der Waals surface area (Å²) < 4.78 is 0. The third-order valence-corrected chi connectivity index (χ3v) is 5.29. The number of hydrogen-bond donors (Lipinski definition) is 2.